The van der Waals surface area contributed by atoms with Gasteiger partial charge in [-0.05, 0) is 12.0 Å². The molecule has 0 bridgehead atoms. The second-order valence-corrected chi connectivity index (χ2v) is 5.55. The molecule has 1 aliphatic heterocycles. The molecule has 0 aliphatic carbocycles. The number of carbonyl (C=O) groups excluding carboxylic acids is 1. The second kappa shape index (κ2) is 6.81. The van der Waals surface area contributed by atoms with Crippen molar-refractivity contribution in [1.82, 2.24) is 10.2 Å². The summed E-state index contributed by atoms with van der Waals surface area (Å²) >= 11 is 5.22. The molecule has 1 fully saturated rings. The Morgan fingerprint density at radius 1 is 1.50 bits per heavy atom. The quantitative estimate of drug-likeness (QED) is 0.802. The molecule has 2 atom stereocenters. The number of nitrogens with two attached hydrogens (primary N) is 1. The summed E-state index contributed by atoms with van der Waals surface area (Å²) in [6.07, 6.45) is 0.796. The summed E-state index contributed by atoms with van der Waals surface area (Å²) in [6, 6.07) is 9.94. The predicted octanol–water partition coefficient (Wildman–Crippen LogP) is 1.27. The van der Waals surface area contributed by atoms with E-state index in [1.54, 1.807) is 0 Å². The third-order valence-electron chi connectivity index (χ3n) is 3.79. The molecule has 1 heterocycles. The predicted molar refractivity (Wildman–Crippen MR) is 84.6 cm³/mol. The highest BCUT2D eigenvalue weighted by atomic mass is 32.1. The van der Waals surface area contributed by atoms with Crippen LogP contribution in [0.5, 0.6) is 0 Å². The van der Waals surface area contributed by atoms with Gasteiger partial charge in [-0.2, -0.15) is 0 Å². The topological polar surface area (TPSA) is 58.4 Å². The first kappa shape index (κ1) is 14.9. The van der Waals surface area contributed by atoms with E-state index in [0.717, 1.165) is 18.5 Å². The maximum Gasteiger partial charge on any atom is 0.237 e. The molecule has 1 saturated heterocycles. The van der Waals surface area contributed by atoms with Crippen molar-refractivity contribution in [2.45, 2.75) is 25.3 Å². The van der Waals surface area contributed by atoms with Gasteiger partial charge in [0.15, 0.2) is 0 Å². The maximum absolute atomic E-state index is 11.9. The van der Waals surface area contributed by atoms with E-state index in [1.807, 2.05) is 37.3 Å². The van der Waals surface area contributed by atoms with Crippen molar-refractivity contribution in [3.8, 4) is 0 Å². The summed E-state index contributed by atoms with van der Waals surface area (Å²) in [5.74, 6) is 0.0969. The Bertz CT molecular complexity index is 477. The molecule has 2 unspecified atom stereocenters. The van der Waals surface area contributed by atoms with E-state index in [0.29, 0.717) is 18.1 Å². The molecular weight excluding hydrogens is 270 g/mol. The molecule has 0 saturated carbocycles. The van der Waals surface area contributed by atoms with Gasteiger partial charge in [0.1, 0.15) is 0 Å². The molecule has 5 heteroatoms. The van der Waals surface area contributed by atoms with E-state index in [1.165, 1.54) is 0 Å². The first-order valence-electron chi connectivity index (χ1n) is 6.99. The van der Waals surface area contributed by atoms with Crippen molar-refractivity contribution < 1.29 is 4.79 Å². The van der Waals surface area contributed by atoms with Crippen molar-refractivity contribution in [3.63, 3.8) is 0 Å². The van der Waals surface area contributed by atoms with Crippen LogP contribution in [0, 0.1) is 0 Å². The summed E-state index contributed by atoms with van der Waals surface area (Å²) in [4.78, 5) is 14.6. The van der Waals surface area contributed by atoms with Crippen LogP contribution in [0.3, 0.4) is 0 Å². The lowest BCUT2D eigenvalue weighted by Gasteiger charge is -2.36. The lowest BCUT2D eigenvalue weighted by molar-refractivity contribution is -0.129. The smallest absolute Gasteiger partial charge is 0.237 e. The molecule has 2 rings (SSSR count). The first-order valence-corrected chi connectivity index (χ1v) is 7.40. The lowest BCUT2D eigenvalue weighted by Crippen LogP contribution is -2.56. The Morgan fingerprint density at radius 2 is 2.20 bits per heavy atom. The molecule has 1 aromatic carbocycles. The maximum atomic E-state index is 11.9. The van der Waals surface area contributed by atoms with Crippen LogP contribution in [0.1, 0.15) is 24.8 Å². The number of nitrogens with zero attached hydrogens (tertiary/aromatic N) is 1. The number of thiocarbonyl (C=S) groups is 1. The van der Waals surface area contributed by atoms with Crippen molar-refractivity contribution in [2.24, 2.45) is 5.73 Å². The average Bonchev–Trinajstić information content (AvgIpc) is 2.45. The van der Waals surface area contributed by atoms with Gasteiger partial charge in [-0.1, -0.05) is 49.5 Å². The van der Waals surface area contributed by atoms with Crippen LogP contribution in [0.4, 0.5) is 0 Å². The number of hydrogen-bond acceptors (Lipinski definition) is 3. The molecule has 1 aromatic rings. The van der Waals surface area contributed by atoms with Gasteiger partial charge in [0.2, 0.25) is 5.91 Å². The molecule has 20 heavy (non-hydrogen) atoms. The van der Waals surface area contributed by atoms with Crippen LogP contribution < -0.4 is 11.1 Å². The fraction of sp³-hybridized carbons (Fsp3) is 0.467. The number of nitrogens with one attached hydrogen (secondary N) is 1. The number of hydrogen-bond donors (Lipinski definition) is 2. The van der Waals surface area contributed by atoms with E-state index in [-0.39, 0.29) is 17.9 Å². The highest BCUT2D eigenvalue weighted by Crippen LogP contribution is 2.20. The molecule has 0 radical (unpaired) electrons. The van der Waals surface area contributed by atoms with Crippen LogP contribution in [-0.2, 0) is 4.79 Å². The lowest BCUT2D eigenvalue weighted by atomic mass is 9.97. The van der Waals surface area contributed by atoms with Gasteiger partial charge in [0.25, 0.3) is 0 Å². The van der Waals surface area contributed by atoms with Crippen LogP contribution in [0.2, 0.25) is 0 Å². The van der Waals surface area contributed by atoms with E-state index >= 15 is 0 Å². The van der Waals surface area contributed by atoms with Gasteiger partial charge in [-0.3, -0.25) is 9.69 Å². The minimum absolute atomic E-state index is 0.00819. The molecule has 3 N–H and O–H groups in total. The van der Waals surface area contributed by atoms with E-state index < -0.39 is 0 Å². The minimum atomic E-state index is -0.0793. The van der Waals surface area contributed by atoms with Gasteiger partial charge in [0, 0.05) is 25.6 Å². The van der Waals surface area contributed by atoms with Gasteiger partial charge in [-0.25, -0.2) is 0 Å². The standard InChI is InChI=1S/C15H21N3OS/c1-2-13-15(19)17-8-9-18(13)10-12(14(16)20)11-6-4-3-5-7-11/h3-7,12-13H,2,8-10H2,1H3,(H2,16,20)(H,17,19). The second-order valence-electron chi connectivity index (χ2n) is 5.08. The zero-order valence-corrected chi connectivity index (χ0v) is 12.5. The van der Waals surface area contributed by atoms with E-state index in [9.17, 15) is 4.79 Å². The van der Waals surface area contributed by atoms with Gasteiger partial charge >= 0.3 is 0 Å². The van der Waals surface area contributed by atoms with E-state index in [2.05, 4.69) is 10.2 Å². The van der Waals surface area contributed by atoms with Crippen LogP contribution in [0.25, 0.3) is 0 Å². The van der Waals surface area contributed by atoms with Crippen molar-refractivity contribution in [2.75, 3.05) is 19.6 Å². The largest absolute Gasteiger partial charge is 0.393 e. The molecular formula is C15H21N3OS. The fourth-order valence-corrected chi connectivity index (χ4v) is 2.91. The van der Waals surface area contributed by atoms with Crippen LogP contribution >= 0.6 is 12.2 Å². The zero-order chi connectivity index (χ0) is 14.5. The normalized spacial score (nSPS) is 21.2. The van der Waals surface area contributed by atoms with Crippen molar-refractivity contribution in [1.29, 1.82) is 0 Å². The number of carbonyl (C=O) groups is 1. The molecule has 1 aliphatic rings. The summed E-state index contributed by atoms with van der Waals surface area (Å²) in [7, 11) is 0. The first-order chi connectivity index (χ1) is 9.63. The highest BCUT2D eigenvalue weighted by molar-refractivity contribution is 7.80. The molecule has 0 spiro atoms. The van der Waals surface area contributed by atoms with Crippen LogP contribution in [0.15, 0.2) is 30.3 Å². The van der Waals surface area contributed by atoms with Gasteiger partial charge in [0.05, 0.1) is 11.0 Å². The summed E-state index contributed by atoms with van der Waals surface area (Å²) < 4.78 is 0. The average molecular weight is 291 g/mol. The van der Waals surface area contributed by atoms with E-state index in [4.69, 9.17) is 18.0 Å². The Balaban J connectivity index is 2.16. The molecule has 1 amide bonds. The Hall–Kier alpha value is -1.46. The van der Waals surface area contributed by atoms with Crippen LogP contribution in [-0.4, -0.2) is 41.5 Å². The number of benzene rings is 1. The number of piperazine rings is 1. The number of amides is 1. The fourth-order valence-electron chi connectivity index (χ4n) is 2.70. The summed E-state index contributed by atoms with van der Waals surface area (Å²) in [5.41, 5.74) is 7.02. The zero-order valence-electron chi connectivity index (χ0n) is 11.7. The monoisotopic (exact) mass is 291 g/mol. The third kappa shape index (κ3) is 3.35. The Kier molecular flexibility index (Phi) is 5.09. The highest BCUT2D eigenvalue weighted by Gasteiger charge is 2.30. The SMILES string of the molecule is CCC1C(=O)NCCN1CC(C(N)=S)c1ccccc1. The van der Waals surface area contributed by atoms with Crippen molar-refractivity contribution >= 4 is 23.1 Å². The Morgan fingerprint density at radius 3 is 2.80 bits per heavy atom. The third-order valence-corrected chi connectivity index (χ3v) is 4.08. The molecule has 4 nitrogen and oxygen atoms in total. The molecule has 108 valence electrons. The summed E-state index contributed by atoms with van der Waals surface area (Å²) in [5, 5.41) is 2.91. The minimum Gasteiger partial charge on any atom is -0.393 e. The number of rotatable bonds is 5. The summed E-state index contributed by atoms with van der Waals surface area (Å²) in [6.45, 7) is 4.26. The van der Waals surface area contributed by atoms with Gasteiger partial charge < -0.3 is 11.1 Å². The molecule has 0 aromatic heterocycles. The Labute approximate surface area is 125 Å². The van der Waals surface area contributed by atoms with Gasteiger partial charge in [-0.15, -0.1) is 0 Å². The van der Waals surface area contributed by atoms with Crippen molar-refractivity contribution in [3.05, 3.63) is 35.9 Å².